The van der Waals surface area contributed by atoms with Gasteiger partial charge in [0.2, 0.25) is 5.75 Å². The van der Waals surface area contributed by atoms with Crippen LogP contribution in [0.1, 0.15) is 33.6 Å². The van der Waals surface area contributed by atoms with E-state index in [0.717, 1.165) is 12.8 Å². The molecule has 4 rings (SSSR count). The highest BCUT2D eigenvalue weighted by atomic mass is 19.1. The van der Waals surface area contributed by atoms with Crippen molar-refractivity contribution in [1.82, 2.24) is 14.9 Å². The SMILES string of the molecule is COc1ccc(Nc2ncnc3c2OCCN3C2CCN(C(=O)OC(C)(C)C)CC2)c(F)c1. The molecular weight excluding hydrogens is 429 g/mol. The molecule has 2 aliphatic rings. The van der Waals surface area contributed by atoms with E-state index in [0.29, 0.717) is 49.4 Å². The van der Waals surface area contributed by atoms with Crippen molar-refractivity contribution in [2.75, 3.05) is 43.6 Å². The first-order valence-corrected chi connectivity index (χ1v) is 11.1. The van der Waals surface area contributed by atoms with Crippen molar-refractivity contribution in [3.8, 4) is 11.5 Å². The van der Waals surface area contributed by atoms with E-state index in [-0.39, 0.29) is 17.8 Å². The highest BCUT2D eigenvalue weighted by Crippen LogP contribution is 2.39. The molecule has 0 unspecified atom stereocenters. The predicted molar refractivity (Wildman–Crippen MR) is 122 cm³/mol. The summed E-state index contributed by atoms with van der Waals surface area (Å²) in [5.74, 6) is 1.55. The number of likely N-dealkylation sites (tertiary alicyclic amines) is 1. The molecule has 3 heterocycles. The number of rotatable bonds is 4. The Balaban J connectivity index is 1.47. The van der Waals surface area contributed by atoms with E-state index in [4.69, 9.17) is 14.2 Å². The van der Waals surface area contributed by atoms with E-state index in [1.807, 2.05) is 20.8 Å². The molecule has 1 fully saturated rings. The quantitative estimate of drug-likeness (QED) is 0.735. The van der Waals surface area contributed by atoms with Crippen molar-refractivity contribution < 1.29 is 23.4 Å². The van der Waals surface area contributed by atoms with Gasteiger partial charge in [0.15, 0.2) is 11.6 Å². The molecular formula is C23H30FN5O4. The number of piperidine rings is 1. The zero-order chi connectivity index (χ0) is 23.6. The topological polar surface area (TPSA) is 89.0 Å². The molecule has 1 amide bonds. The van der Waals surface area contributed by atoms with Crippen molar-refractivity contribution in [1.29, 1.82) is 0 Å². The minimum Gasteiger partial charge on any atom is -0.497 e. The van der Waals surface area contributed by atoms with E-state index in [2.05, 4.69) is 20.2 Å². The number of aromatic nitrogens is 2. The second-order valence-corrected chi connectivity index (χ2v) is 9.09. The Morgan fingerprint density at radius 1 is 1.21 bits per heavy atom. The molecule has 9 nitrogen and oxygen atoms in total. The van der Waals surface area contributed by atoms with Crippen LogP contribution in [0, 0.1) is 5.82 Å². The zero-order valence-electron chi connectivity index (χ0n) is 19.4. The van der Waals surface area contributed by atoms with Gasteiger partial charge in [-0.25, -0.2) is 19.2 Å². The maximum Gasteiger partial charge on any atom is 0.410 e. The van der Waals surface area contributed by atoms with Crippen LogP contribution in [0.3, 0.4) is 0 Å². The lowest BCUT2D eigenvalue weighted by Crippen LogP contribution is -2.50. The summed E-state index contributed by atoms with van der Waals surface area (Å²) in [7, 11) is 1.49. The summed E-state index contributed by atoms with van der Waals surface area (Å²) >= 11 is 0. The van der Waals surface area contributed by atoms with Crippen LogP contribution in [-0.4, -0.2) is 66.0 Å². The lowest BCUT2D eigenvalue weighted by molar-refractivity contribution is 0.0203. The minimum absolute atomic E-state index is 0.201. The zero-order valence-corrected chi connectivity index (χ0v) is 19.4. The molecule has 1 aromatic heterocycles. The van der Waals surface area contributed by atoms with Gasteiger partial charge in [-0.05, 0) is 45.7 Å². The van der Waals surface area contributed by atoms with E-state index < -0.39 is 11.4 Å². The smallest absolute Gasteiger partial charge is 0.410 e. The first-order chi connectivity index (χ1) is 15.7. The molecule has 0 radical (unpaired) electrons. The number of carbonyl (C=O) groups excluding carboxylic acids is 1. The number of anilines is 3. The van der Waals surface area contributed by atoms with Crippen LogP contribution in [0.2, 0.25) is 0 Å². The van der Waals surface area contributed by atoms with Gasteiger partial charge < -0.3 is 29.3 Å². The predicted octanol–water partition coefficient (Wildman–Crippen LogP) is 3.97. The summed E-state index contributed by atoms with van der Waals surface area (Å²) in [6.07, 6.45) is 2.75. The summed E-state index contributed by atoms with van der Waals surface area (Å²) < 4.78 is 30.9. The molecule has 0 bridgehead atoms. The fraction of sp³-hybridized carbons (Fsp3) is 0.522. The maximum atomic E-state index is 14.4. The largest absolute Gasteiger partial charge is 0.497 e. The van der Waals surface area contributed by atoms with Crippen LogP contribution in [0.4, 0.5) is 26.5 Å². The Morgan fingerprint density at radius 3 is 2.64 bits per heavy atom. The van der Waals surface area contributed by atoms with Gasteiger partial charge in [0.1, 0.15) is 30.1 Å². The molecule has 1 saturated heterocycles. The third kappa shape index (κ3) is 5.20. The van der Waals surface area contributed by atoms with Crippen LogP contribution >= 0.6 is 0 Å². The first-order valence-electron chi connectivity index (χ1n) is 11.1. The monoisotopic (exact) mass is 459 g/mol. The Hall–Kier alpha value is -3.30. The normalized spacial score (nSPS) is 16.6. The highest BCUT2D eigenvalue weighted by Gasteiger charge is 2.33. The molecule has 2 aliphatic heterocycles. The number of nitrogens with zero attached hydrogens (tertiary/aromatic N) is 4. The van der Waals surface area contributed by atoms with Gasteiger partial charge in [-0.3, -0.25) is 0 Å². The second kappa shape index (κ2) is 9.29. The Bertz CT molecular complexity index is 1000. The number of halogens is 1. The van der Waals surface area contributed by atoms with Gasteiger partial charge in [0.25, 0.3) is 0 Å². The average molecular weight is 460 g/mol. The van der Waals surface area contributed by atoms with Gasteiger partial charge in [-0.1, -0.05) is 0 Å². The number of hydrogen-bond acceptors (Lipinski definition) is 8. The van der Waals surface area contributed by atoms with Crippen molar-refractivity contribution >= 4 is 23.4 Å². The summed E-state index contributed by atoms with van der Waals surface area (Å²) in [5, 5.41) is 3.02. The number of methoxy groups -OCH3 is 1. The fourth-order valence-electron chi connectivity index (χ4n) is 4.04. The number of amides is 1. The number of benzene rings is 1. The molecule has 0 spiro atoms. The molecule has 0 aliphatic carbocycles. The number of ether oxygens (including phenoxy) is 3. The van der Waals surface area contributed by atoms with E-state index in [1.165, 1.54) is 19.5 Å². The van der Waals surface area contributed by atoms with Crippen molar-refractivity contribution in [2.24, 2.45) is 0 Å². The van der Waals surface area contributed by atoms with Gasteiger partial charge in [-0.15, -0.1) is 0 Å². The third-order valence-electron chi connectivity index (χ3n) is 5.62. The Morgan fingerprint density at radius 2 is 1.97 bits per heavy atom. The number of nitrogens with one attached hydrogen (secondary N) is 1. The molecule has 0 saturated carbocycles. The molecule has 1 N–H and O–H groups in total. The summed E-state index contributed by atoms with van der Waals surface area (Å²) in [5.41, 5.74) is -0.246. The van der Waals surface area contributed by atoms with Crippen molar-refractivity contribution in [3.63, 3.8) is 0 Å². The summed E-state index contributed by atoms with van der Waals surface area (Å²) in [6.45, 7) is 7.96. The first kappa shape index (κ1) is 22.9. The Labute approximate surface area is 192 Å². The molecule has 178 valence electrons. The second-order valence-electron chi connectivity index (χ2n) is 9.09. The minimum atomic E-state index is -0.513. The van der Waals surface area contributed by atoms with Gasteiger partial charge >= 0.3 is 6.09 Å². The van der Waals surface area contributed by atoms with Crippen molar-refractivity contribution in [3.05, 3.63) is 30.3 Å². The van der Waals surface area contributed by atoms with E-state index in [9.17, 15) is 9.18 Å². The average Bonchev–Trinajstić information content (AvgIpc) is 2.79. The summed E-state index contributed by atoms with van der Waals surface area (Å²) in [6, 6.07) is 4.77. The number of hydrogen-bond donors (Lipinski definition) is 1. The van der Waals surface area contributed by atoms with Crippen molar-refractivity contribution in [2.45, 2.75) is 45.3 Å². The van der Waals surface area contributed by atoms with Crippen LogP contribution in [-0.2, 0) is 4.74 Å². The van der Waals surface area contributed by atoms with Gasteiger partial charge in [-0.2, -0.15) is 0 Å². The summed E-state index contributed by atoms with van der Waals surface area (Å²) in [4.78, 5) is 25.1. The molecule has 1 aromatic carbocycles. The standard InChI is InChI=1S/C23H30FN5O4/c1-23(2,3)33-22(30)28-9-7-15(8-10-28)29-11-12-32-19-20(25-14-26-21(19)29)27-18-6-5-16(31-4)13-17(18)24/h5-6,13-15H,7-12H2,1-4H3,(H,25,26,27). The van der Waals surface area contributed by atoms with Gasteiger partial charge in [0, 0.05) is 25.2 Å². The maximum absolute atomic E-state index is 14.4. The number of fused-ring (bicyclic) bond motifs is 1. The fourth-order valence-corrected chi connectivity index (χ4v) is 4.04. The third-order valence-corrected chi connectivity index (χ3v) is 5.62. The highest BCUT2D eigenvalue weighted by molar-refractivity contribution is 5.72. The van der Waals surface area contributed by atoms with E-state index >= 15 is 0 Å². The van der Waals surface area contributed by atoms with Crippen LogP contribution < -0.4 is 19.7 Å². The lowest BCUT2D eigenvalue weighted by Gasteiger charge is -2.41. The lowest BCUT2D eigenvalue weighted by atomic mass is 10.0. The van der Waals surface area contributed by atoms with Crippen LogP contribution in [0.25, 0.3) is 0 Å². The Kier molecular flexibility index (Phi) is 6.44. The number of carbonyl (C=O) groups is 1. The van der Waals surface area contributed by atoms with Gasteiger partial charge in [0.05, 0.1) is 19.3 Å². The molecule has 10 heteroatoms. The molecule has 33 heavy (non-hydrogen) atoms. The van der Waals surface area contributed by atoms with Crippen LogP contribution in [0.5, 0.6) is 11.5 Å². The van der Waals surface area contributed by atoms with Crippen LogP contribution in [0.15, 0.2) is 24.5 Å². The molecule has 0 atom stereocenters. The van der Waals surface area contributed by atoms with E-state index in [1.54, 1.807) is 17.0 Å². The molecule has 2 aromatic rings.